The summed E-state index contributed by atoms with van der Waals surface area (Å²) in [6, 6.07) is 6.40. The predicted molar refractivity (Wildman–Crippen MR) is 96.5 cm³/mol. The van der Waals surface area contributed by atoms with E-state index >= 15 is 4.39 Å². The largest absolute Gasteiger partial charge is 0.384 e. The van der Waals surface area contributed by atoms with Crippen molar-refractivity contribution >= 4 is 11.0 Å². The van der Waals surface area contributed by atoms with Crippen molar-refractivity contribution in [2.24, 2.45) is 11.8 Å². The van der Waals surface area contributed by atoms with Crippen LogP contribution in [0.4, 0.5) is 8.78 Å². The lowest BCUT2D eigenvalue weighted by Crippen LogP contribution is -2.53. The fraction of sp³-hybridized carbons (Fsp3) is 0.350. The molecule has 136 valence electrons. The van der Waals surface area contributed by atoms with Gasteiger partial charge in [-0.15, -0.1) is 0 Å². The summed E-state index contributed by atoms with van der Waals surface area (Å²) in [5, 5.41) is 14.8. The van der Waals surface area contributed by atoms with Gasteiger partial charge in [-0.05, 0) is 23.3 Å². The van der Waals surface area contributed by atoms with Gasteiger partial charge in [0, 0.05) is 42.9 Å². The van der Waals surface area contributed by atoms with Crippen LogP contribution in [0, 0.1) is 23.5 Å². The lowest BCUT2D eigenvalue weighted by atomic mass is 9.71. The standard InChI is InChI=1S/C20H21F2N3O/c1-11-8-23-9-12(2)20(11,26)15-4-3-13(7-16(15)21)14-5-6-24-19-18(14)17(22)10-25-19/h3-7,10-12,23,26H,8-9H2,1-2H3,(H,24,25)/t11-,12+,20?. The predicted octanol–water partition coefficient (Wildman–Crippen LogP) is 3.57. The summed E-state index contributed by atoms with van der Waals surface area (Å²) in [6.45, 7) is 5.08. The molecule has 3 heterocycles. The molecule has 2 aromatic heterocycles. The molecule has 0 radical (unpaired) electrons. The zero-order chi connectivity index (χ0) is 18.5. The zero-order valence-electron chi connectivity index (χ0n) is 14.7. The van der Waals surface area contributed by atoms with E-state index in [4.69, 9.17) is 0 Å². The molecule has 0 aliphatic carbocycles. The number of H-pyrrole nitrogens is 1. The third-order valence-corrected chi connectivity index (χ3v) is 5.64. The summed E-state index contributed by atoms with van der Waals surface area (Å²) < 4.78 is 29.2. The lowest BCUT2D eigenvalue weighted by molar-refractivity contribution is -0.0830. The summed E-state index contributed by atoms with van der Waals surface area (Å²) in [6.07, 6.45) is 2.80. The number of aliphatic hydroxyl groups is 1. The summed E-state index contributed by atoms with van der Waals surface area (Å²) in [5.74, 6) is -1.15. The maximum atomic E-state index is 15.0. The molecule has 3 N–H and O–H groups in total. The number of aromatic nitrogens is 2. The molecular formula is C20H21F2N3O. The molecule has 1 aromatic carbocycles. The van der Waals surface area contributed by atoms with Crippen molar-refractivity contribution in [1.29, 1.82) is 0 Å². The van der Waals surface area contributed by atoms with Crippen molar-refractivity contribution in [2.45, 2.75) is 19.4 Å². The fourth-order valence-electron chi connectivity index (χ4n) is 4.11. The molecule has 3 atom stereocenters. The van der Waals surface area contributed by atoms with Gasteiger partial charge in [0.25, 0.3) is 0 Å². The number of nitrogens with zero attached hydrogens (tertiary/aromatic N) is 1. The molecule has 1 aliphatic rings. The van der Waals surface area contributed by atoms with E-state index in [1.54, 1.807) is 24.4 Å². The number of hydrogen-bond donors (Lipinski definition) is 3. The van der Waals surface area contributed by atoms with Crippen LogP contribution in [0.5, 0.6) is 0 Å². The van der Waals surface area contributed by atoms with Crippen molar-refractivity contribution < 1.29 is 13.9 Å². The molecule has 0 saturated carbocycles. The third kappa shape index (κ3) is 2.44. The third-order valence-electron chi connectivity index (χ3n) is 5.64. The molecule has 0 spiro atoms. The van der Waals surface area contributed by atoms with Crippen molar-refractivity contribution in [2.75, 3.05) is 13.1 Å². The number of halogens is 2. The number of pyridine rings is 1. The number of hydrogen-bond acceptors (Lipinski definition) is 3. The van der Waals surface area contributed by atoms with Gasteiger partial charge < -0.3 is 15.4 Å². The highest BCUT2D eigenvalue weighted by Gasteiger charge is 2.44. The Morgan fingerprint density at radius 1 is 1.12 bits per heavy atom. The first-order valence-electron chi connectivity index (χ1n) is 8.78. The summed E-state index contributed by atoms with van der Waals surface area (Å²) in [7, 11) is 0. The van der Waals surface area contributed by atoms with Gasteiger partial charge in [0.2, 0.25) is 0 Å². The molecule has 6 heteroatoms. The highest BCUT2D eigenvalue weighted by molar-refractivity contribution is 5.93. The molecule has 1 unspecified atom stereocenters. The van der Waals surface area contributed by atoms with Crippen molar-refractivity contribution in [3.8, 4) is 11.1 Å². The first kappa shape index (κ1) is 17.1. The van der Waals surface area contributed by atoms with E-state index in [-0.39, 0.29) is 11.8 Å². The van der Waals surface area contributed by atoms with Gasteiger partial charge in [0.05, 0.1) is 11.0 Å². The fourth-order valence-corrected chi connectivity index (χ4v) is 4.11. The summed E-state index contributed by atoms with van der Waals surface area (Å²) in [4.78, 5) is 6.86. The lowest BCUT2D eigenvalue weighted by Gasteiger charge is -2.44. The summed E-state index contributed by atoms with van der Waals surface area (Å²) >= 11 is 0. The molecule has 4 nitrogen and oxygen atoms in total. The molecule has 1 saturated heterocycles. The first-order valence-corrected chi connectivity index (χ1v) is 8.78. The van der Waals surface area contributed by atoms with Crippen LogP contribution in [0.1, 0.15) is 19.4 Å². The number of fused-ring (bicyclic) bond motifs is 1. The highest BCUT2D eigenvalue weighted by atomic mass is 19.1. The molecular weight excluding hydrogens is 336 g/mol. The zero-order valence-corrected chi connectivity index (χ0v) is 14.7. The van der Waals surface area contributed by atoms with Gasteiger partial charge in [-0.3, -0.25) is 0 Å². The quantitative estimate of drug-likeness (QED) is 0.657. The van der Waals surface area contributed by atoms with Crippen molar-refractivity contribution in [3.63, 3.8) is 0 Å². The van der Waals surface area contributed by atoms with Gasteiger partial charge >= 0.3 is 0 Å². The summed E-state index contributed by atoms with van der Waals surface area (Å²) in [5.41, 5.74) is 0.597. The van der Waals surface area contributed by atoms with E-state index < -0.39 is 17.2 Å². The van der Waals surface area contributed by atoms with Crippen molar-refractivity contribution in [3.05, 3.63) is 53.9 Å². The van der Waals surface area contributed by atoms with Crippen LogP contribution >= 0.6 is 0 Å². The number of benzene rings is 1. The van der Waals surface area contributed by atoms with Crippen LogP contribution in [0.3, 0.4) is 0 Å². The number of aromatic amines is 1. The maximum absolute atomic E-state index is 15.0. The van der Waals surface area contributed by atoms with E-state index in [0.717, 1.165) is 0 Å². The van der Waals surface area contributed by atoms with E-state index in [2.05, 4.69) is 15.3 Å². The number of nitrogens with one attached hydrogen (secondary N) is 2. The van der Waals surface area contributed by atoms with Crippen LogP contribution in [-0.4, -0.2) is 28.2 Å². The second-order valence-corrected chi connectivity index (χ2v) is 7.20. The Bertz CT molecular complexity index is 959. The molecule has 3 aromatic rings. The van der Waals surface area contributed by atoms with E-state index in [9.17, 15) is 9.50 Å². The Labute approximate surface area is 150 Å². The van der Waals surface area contributed by atoms with E-state index in [1.165, 1.54) is 12.3 Å². The van der Waals surface area contributed by atoms with Gasteiger partial charge in [-0.25, -0.2) is 13.8 Å². The monoisotopic (exact) mass is 357 g/mol. The normalized spacial score (nSPS) is 26.3. The number of rotatable bonds is 2. The maximum Gasteiger partial charge on any atom is 0.150 e. The van der Waals surface area contributed by atoms with Crippen LogP contribution in [0.25, 0.3) is 22.2 Å². The van der Waals surface area contributed by atoms with Crippen molar-refractivity contribution in [1.82, 2.24) is 15.3 Å². The Kier molecular flexibility index (Phi) is 4.04. The minimum Gasteiger partial charge on any atom is -0.384 e. The van der Waals surface area contributed by atoms with Crippen LogP contribution in [0.2, 0.25) is 0 Å². The molecule has 26 heavy (non-hydrogen) atoms. The first-order chi connectivity index (χ1) is 12.4. The van der Waals surface area contributed by atoms with Crippen LogP contribution < -0.4 is 5.32 Å². The molecule has 0 amide bonds. The Balaban J connectivity index is 1.83. The molecule has 4 rings (SSSR count). The second-order valence-electron chi connectivity index (χ2n) is 7.20. The number of piperidine rings is 1. The van der Waals surface area contributed by atoms with Gasteiger partial charge in [-0.2, -0.15) is 0 Å². The van der Waals surface area contributed by atoms with Crippen LogP contribution in [-0.2, 0) is 5.60 Å². The average Bonchev–Trinajstić information content (AvgIpc) is 3.01. The molecule has 1 fully saturated rings. The topological polar surface area (TPSA) is 60.9 Å². The van der Waals surface area contributed by atoms with E-state index in [1.807, 2.05) is 13.8 Å². The van der Waals surface area contributed by atoms with Gasteiger partial charge in [0.1, 0.15) is 11.5 Å². The minimum atomic E-state index is -1.24. The SMILES string of the molecule is C[C@@H]1CNC[C@H](C)C1(O)c1ccc(-c2ccnc3[nH]cc(F)c23)cc1F. The second kappa shape index (κ2) is 6.14. The molecule has 0 bridgehead atoms. The molecule has 1 aliphatic heterocycles. The van der Waals surface area contributed by atoms with Crippen LogP contribution in [0.15, 0.2) is 36.7 Å². The Hall–Kier alpha value is -2.31. The smallest absolute Gasteiger partial charge is 0.150 e. The Morgan fingerprint density at radius 2 is 1.85 bits per heavy atom. The minimum absolute atomic E-state index is 0.124. The van der Waals surface area contributed by atoms with Gasteiger partial charge in [0.15, 0.2) is 5.82 Å². The Morgan fingerprint density at radius 3 is 2.54 bits per heavy atom. The highest BCUT2D eigenvalue weighted by Crippen LogP contribution is 2.41. The van der Waals surface area contributed by atoms with Gasteiger partial charge in [-0.1, -0.05) is 26.0 Å². The van der Waals surface area contributed by atoms with E-state index in [0.29, 0.717) is 40.8 Å². The average molecular weight is 357 g/mol.